The van der Waals surface area contributed by atoms with Gasteiger partial charge in [-0.15, -0.1) is 10.2 Å². The lowest BCUT2D eigenvalue weighted by Crippen LogP contribution is -2.13. The van der Waals surface area contributed by atoms with Crippen molar-refractivity contribution in [3.8, 4) is 0 Å². The summed E-state index contributed by atoms with van der Waals surface area (Å²) in [6.45, 7) is 0. The molecule has 2 heterocycles. The maximum atomic E-state index is 13.0. The predicted molar refractivity (Wildman–Crippen MR) is 103 cm³/mol. The smallest absolute Gasteiger partial charge is 0.305 e. The molecule has 0 radical (unpaired) electrons. The third-order valence-corrected chi connectivity index (χ3v) is 4.57. The van der Waals surface area contributed by atoms with Crippen LogP contribution >= 0.6 is 11.6 Å². The molecular formula is C20H12ClF3N4O. The Labute approximate surface area is 168 Å². The van der Waals surface area contributed by atoms with Gasteiger partial charge in [-0.05, 0) is 41.5 Å². The lowest BCUT2D eigenvalue weighted by Gasteiger charge is -2.08. The van der Waals surface area contributed by atoms with Crippen LogP contribution in [0.15, 0.2) is 59.6 Å². The summed E-state index contributed by atoms with van der Waals surface area (Å²) in [5.41, 5.74) is 1.57. The second kappa shape index (κ2) is 7.29. The molecule has 0 unspecified atom stereocenters. The minimum Gasteiger partial charge on any atom is -0.305 e. The molecule has 1 aromatic heterocycles. The molecule has 0 spiro atoms. The van der Waals surface area contributed by atoms with E-state index in [0.717, 1.165) is 17.7 Å². The first-order valence-corrected chi connectivity index (χ1v) is 8.87. The number of fused-ring (bicyclic) bond motifs is 1. The zero-order chi connectivity index (χ0) is 20.6. The first kappa shape index (κ1) is 19.1. The Hall–Kier alpha value is -3.26. The van der Waals surface area contributed by atoms with Crippen molar-refractivity contribution in [2.24, 2.45) is 4.99 Å². The molecule has 0 saturated carbocycles. The van der Waals surface area contributed by atoms with Gasteiger partial charge in [0.2, 0.25) is 0 Å². The van der Waals surface area contributed by atoms with E-state index >= 15 is 0 Å². The molecule has 29 heavy (non-hydrogen) atoms. The van der Waals surface area contributed by atoms with Crippen LogP contribution in [0.3, 0.4) is 0 Å². The van der Waals surface area contributed by atoms with Crippen LogP contribution in [0.2, 0.25) is 5.15 Å². The number of anilines is 1. The molecule has 1 amide bonds. The van der Waals surface area contributed by atoms with Gasteiger partial charge in [-0.25, -0.2) is 0 Å². The molecule has 1 aliphatic rings. The molecule has 0 bridgehead atoms. The lowest BCUT2D eigenvalue weighted by atomic mass is 10.0. The number of aliphatic imine (C=N–C) groups is 1. The van der Waals surface area contributed by atoms with Crippen LogP contribution in [0.4, 0.5) is 24.7 Å². The van der Waals surface area contributed by atoms with E-state index in [4.69, 9.17) is 11.6 Å². The molecule has 1 aliphatic heterocycles. The van der Waals surface area contributed by atoms with Crippen molar-refractivity contribution in [3.05, 3.63) is 82.0 Å². The number of halogens is 4. The summed E-state index contributed by atoms with van der Waals surface area (Å²) in [6, 6.07) is 13.1. The average Bonchev–Trinajstić information content (AvgIpc) is 3.13. The summed E-state index contributed by atoms with van der Waals surface area (Å²) >= 11 is 5.68. The highest BCUT2D eigenvalue weighted by atomic mass is 35.5. The molecule has 2 aromatic carbocycles. The Morgan fingerprint density at radius 2 is 1.83 bits per heavy atom. The van der Waals surface area contributed by atoms with E-state index in [1.165, 1.54) is 18.2 Å². The zero-order valence-electron chi connectivity index (χ0n) is 14.7. The normalized spacial score (nSPS) is 13.0. The topological polar surface area (TPSA) is 67.2 Å². The van der Waals surface area contributed by atoms with Gasteiger partial charge in [0.1, 0.15) is 0 Å². The number of carbonyl (C=O) groups is 1. The van der Waals surface area contributed by atoms with E-state index in [1.807, 2.05) is 0 Å². The van der Waals surface area contributed by atoms with Crippen LogP contribution in [-0.4, -0.2) is 21.8 Å². The summed E-state index contributed by atoms with van der Waals surface area (Å²) in [7, 11) is 0. The number of benzene rings is 2. The van der Waals surface area contributed by atoms with E-state index < -0.39 is 17.6 Å². The second-order valence-corrected chi connectivity index (χ2v) is 6.71. The Kier molecular flexibility index (Phi) is 4.79. The van der Waals surface area contributed by atoms with E-state index in [-0.39, 0.29) is 11.0 Å². The predicted octanol–water partition coefficient (Wildman–Crippen LogP) is 5.08. The molecule has 1 N–H and O–H groups in total. The first-order valence-electron chi connectivity index (χ1n) is 8.49. The quantitative estimate of drug-likeness (QED) is 0.647. The summed E-state index contributed by atoms with van der Waals surface area (Å²) in [4.78, 5) is 17.1. The molecule has 146 valence electrons. The SMILES string of the molecule is O=C(Nc1ccc(Cl)nn1)c1cccc2c1N=C(c1cccc(C(F)(F)F)c1)C2. The molecule has 0 fully saturated rings. The summed E-state index contributed by atoms with van der Waals surface area (Å²) in [5, 5.41) is 10.2. The van der Waals surface area contributed by atoms with Crippen molar-refractivity contribution in [1.82, 2.24) is 10.2 Å². The van der Waals surface area contributed by atoms with Crippen molar-refractivity contribution >= 4 is 34.7 Å². The molecule has 0 aliphatic carbocycles. The van der Waals surface area contributed by atoms with Gasteiger partial charge in [-0.1, -0.05) is 35.9 Å². The van der Waals surface area contributed by atoms with E-state index in [0.29, 0.717) is 28.9 Å². The highest BCUT2D eigenvalue weighted by Crippen LogP contribution is 2.35. The minimum absolute atomic E-state index is 0.193. The van der Waals surface area contributed by atoms with Crippen molar-refractivity contribution in [1.29, 1.82) is 0 Å². The fraction of sp³-hybridized carbons (Fsp3) is 0.100. The van der Waals surface area contributed by atoms with Crippen LogP contribution in [0.25, 0.3) is 0 Å². The van der Waals surface area contributed by atoms with Gasteiger partial charge in [0.05, 0.1) is 22.5 Å². The standard InChI is InChI=1S/C20H12ClF3N4O/c21-16-7-8-17(28-27-16)26-19(29)14-6-2-4-12-10-15(25-18(12)14)11-3-1-5-13(9-11)20(22,23)24/h1-9H,10H2,(H,26,28,29). The first-order chi connectivity index (χ1) is 13.8. The van der Waals surface area contributed by atoms with Gasteiger partial charge in [-0.2, -0.15) is 13.2 Å². The van der Waals surface area contributed by atoms with Crippen LogP contribution in [0.1, 0.15) is 27.0 Å². The van der Waals surface area contributed by atoms with Gasteiger partial charge in [0, 0.05) is 6.42 Å². The minimum atomic E-state index is -4.44. The number of hydrogen-bond acceptors (Lipinski definition) is 4. The number of carbonyl (C=O) groups excluding carboxylic acids is 1. The molecular weight excluding hydrogens is 405 g/mol. The summed E-state index contributed by atoms with van der Waals surface area (Å²) in [6.07, 6.45) is -4.11. The van der Waals surface area contributed by atoms with Crippen LogP contribution in [-0.2, 0) is 12.6 Å². The average molecular weight is 417 g/mol. The Bertz CT molecular complexity index is 1130. The van der Waals surface area contributed by atoms with Crippen LogP contribution in [0, 0.1) is 0 Å². The zero-order valence-corrected chi connectivity index (χ0v) is 15.4. The number of alkyl halides is 3. The van der Waals surface area contributed by atoms with E-state index in [1.54, 1.807) is 24.3 Å². The van der Waals surface area contributed by atoms with Crippen LogP contribution in [0.5, 0.6) is 0 Å². The lowest BCUT2D eigenvalue weighted by molar-refractivity contribution is -0.137. The summed E-state index contributed by atoms with van der Waals surface area (Å²) < 4.78 is 39.0. The number of para-hydroxylation sites is 1. The Morgan fingerprint density at radius 1 is 1.03 bits per heavy atom. The number of nitrogens with one attached hydrogen (secondary N) is 1. The monoisotopic (exact) mass is 416 g/mol. The van der Waals surface area contributed by atoms with Gasteiger partial charge in [0.15, 0.2) is 11.0 Å². The van der Waals surface area contributed by atoms with Gasteiger partial charge in [0.25, 0.3) is 5.91 Å². The van der Waals surface area contributed by atoms with Crippen LogP contribution < -0.4 is 5.32 Å². The molecule has 0 atom stereocenters. The molecule has 9 heteroatoms. The van der Waals surface area contributed by atoms with E-state index in [2.05, 4.69) is 20.5 Å². The number of aromatic nitrogens is 2. The van der Waals surface area contributed by atoms with E-state index in [9.17, 15) is 18.0 Å². The third kappa shape index (κ3) is 3.97. The highest BCUT2D eigenvalue weighted by Gasteiger charge is 2.31. The maximum absolute atomic E-state index is 13.0. The van der Waals surface area contributed by atoms with Crippen molar-refractivity contribution in [2.45, 2.75) is 12.6 Å². The largest absolute Gasteiger partial charge is 0.416 e. The third-order valence-electron chi connectivity index (χ3n) is 4.37. The van der Waals surface area contributed by atoms with Crippen molar-refractivity contribution < 1.29 is 18.0 Å². The Morgan fingerprint density at radius 3 is 2.55 bits per heavy atom. The van der Waals surface area contributed by atoms with Crippen molar-refractivity contribution in [3.63, 3.8) is 0 Å². The number of amides is 1. The fourth-order valence-electron chi connectivity index (χ4n) is 3.01. The highest BCUT2D eigenvalue weighted by molar-refractivity contribution is 6.29. The maximum Gasteiger partial charge on any atom is 0.416 e. The number of rotatable bonds is 3. The fourth-order valence-corrected chi connectivity index (χ4v) is 3.11. The summed E-state index contributed by atoms with van der Waals surface area (Å²) in [5.74, 6) is -0.232. The van der Waals surface area contributed by atoms with Gasteiger partial charge in [-0.3, -0.25) is 9.79 Å². The molecule has 0 saturated heterocycles. The molecule has 3 aromatic rings. The number of nitrogens with zero attached hydrogens (tertiary/aromatic N) is 3. The number of hydrogen-bond donors (Lipinski definition) is 1. The van der Waals surface area contributed by atoms with Gasteiger partial charge >= 0.3 is 6.18 Å². The Balaban J connectivity index is 1.64. The second-order valence-electron chi connectivity index (χ2n) is 6.32. The molecule has 4 rings (SSSR count). The van der Waals surface area contributed by atoms with Gasteiger partial charge < -0.3 is 5.32 Å². The van der Waals surface area contributed by atoms with Crippen molar-refractivity contribution in [2.75, 3.05) is 5.32 Å². The molecule has 5 nitrogen and oxygen atoms in total.